The Morgan fingerprint density at radius 3 is 2.93 bits per heavy atom. The van der Waals surface area contributed by atoms with Crippen molar-refractivity contribution in [3.63, 3.8) is 0 Å². The third-order valence-electron chi connectivity index (χ3n) is 3.36. The zero-order valence-electron chi connectivity index (χ0n) is 9.79. The Hall–Kier alpha value is -0.570. The van der Waals surface area contributed by atoms with Crippen LogP contribution in [-0.2, 0) is 9.53 Å². The van der Waals surface area contributed by atoms with E-state index in [1.54, 1.807) is 0 Å². The van der Waals surface area contributed by atoms with Gasteiger partial charge in [0, 0.05) is 0 Å². The standard InChI is InChI=1S/C12H22O3/c1-3-4-6-10-7-5-8-12(14,9-10)11(13)15-2/h10,14H,3-9H2,1-2H3/t10-,12+/m0/s1. The summed E-state index contributed by atoms with van der Waals surface area (Å²) in [5.74, 6) is 0.0338. The Balaban J connectivity index is 2.50. The van der Waals surface area contributed by atoms with Crippen LogP contribution in [0.3, 0.4) is 0 Å². The summed E-state index contributed by atoms with van der Waals surface area (Å²) in [5, 5.41) is 10.1. The largest absolute Gasteiger partial charge is 0.467 e. The molecule has 0 spiro atoms. The summed E-state index contributed by atoms with van der Waals surface area (Å²) in [5.41, 5.74) is -1.20. The van der Waals surface area contributed by atoms with E-state index in [0.717, 1.165) is 19.3 Å². The molecular weight excluding hydrogens is 192 g/mol. The molecule has 15 heavy (non-hydrogen) atoms. The van der Waals surface area contributed by atoms with Gasteiger partial charge in [-0.15, -0.1) is 0 Å². The maximum Gasteiger partial charge on any atom is 0.337 e. The van der Waals surface area contributed by atoms with Crippen molar-refractivity contribution in [2.75, 3.05) is 7.11 Å². The molecular formula is C12H22O3. The lowest BCUT2D eigenvalue weighted by molar-refractivity contribution is -0.167. The van der Waals surface area contributed by atoms with E-state index in [2.05, 4.69) is 11.7 Å². The third-order valence-corrected chi connectivity index (χ3v) is 3.36. The monoisotopic (exact) mass is 214 g/mol. The number of esters is 1. The summed E-state index contributed by atoms with van der Waals surface area (Å²) in [4.78, 5) is 11.4. The molecule has 0 aromatic rings. The van der Waals surface area contributed by atoms with Crippen molar-refractivity contribution >= 4 is 5.97 Å². The molecule has 3 nitrogen and oxygen atoms in total. The number of carbonyl (C=O) groups is 1. The third kappa shape index (κ3) is 3.20. The molecule has 1 N–H and O–H groups in total. The van der Waals surface area contributed by atoms with Crippen LogP contribution >= 0.6 is 0 Å². The van der Waals surface area contributed by atoms with Crippen molar-refractivity contribution < 1.29 is 14.6 Å². The quantitative estimate of drug-likeness (QED) is 0.730. The number of rotatable bonds is 4. The topological polar surface area (TPSA) is 46.5 Å². The fraction of sp³-hybridized carbons (Fsp3) is 0.917. The fourth-order valence-corrected chi connectivity index (χ4v) is 2.48. The van der Waals surface area contributed by atoms with Gasteiger partial charge >= 0.3 is 5.97 Å². The van der Waals surface area contributed by atoms with E-state index in [-0.39, 0.29) is 0 Å². The van der Waals surface area contributed by atoms with Crippen molar-refractivity contribution in [1.29, 1.82) is 0 Å². The molecule has 0 radical (unpaired) electrons. The molecule has 0 amide bonds. The average molecular weight is 214 g/mol. The van der Waals surface area contributed by atoms with E-state index in [1.165, 1.54) is 20.0 Å². The molecule has 1 aliphatic carbocycles. The molecule has 1 rings (SSSR count). The van der Waals surface area contributed by atoms with E-state index >= 15 is 0 Å². The van der Waals surface area contributed by atoms with Crippen LogP contribution in [0.2, 0.25) is 0 Å². The average Bonchev–Trinajstić information content (AvgIpc) is 2.25. The summed E-state index contributed by atoms with van der Waals surface area (Å²) >= 11 is 0. The lowest BCUT2D eigenvalue weighted by Crippen LogP contribution is -2.43. The van der Waals surface area contributed by atoms with Gasteiger partial charge in [0.05, 0.1) is 7.11 Å². The normalized spacial score (nSPS) is 31.3. The molecule has 3 heteroatoms. The van der Waals surface area contributed by atoms with Gasteiger partial charge in [0.25, 0.3) is 0 Å². The number of unbranched alkanes of at least 4 members (excludes halogenated alkanes) is 1. The number of aliphatic hydroxyl groups is 1. The van der Waals surface area contributed by atoms with E-state index in [9.17, 15) is 9.90 Å². The molecule has 0 aromatic heterocycles. The second-order valence-electron chi connectivity index (χ2n) is 4.63. The minimum absolute atomic E-state index is 0.455. The second-order valence-corrected chi connectivity index (χ2v) is 4.63. The summed E-state index contributed by atoms with van der Waals surface area (Å²) < 4.78 is 4.66. The van der Waals surface area contributed by atoms with Crippen LogP contribution in [0.25, 0.3) is 0 Å². The van der Waals surface area contributed by atoms with Gasteiger partial charge in [-0.25, -0.2) is 4.79 Å². The maximum atomic E-state index is 11.4. The fourth-order valence-electron chi connectivity index (χ4n) is 2.48. The van der Waals surface area contributed by atoms with Crippen LogP contribution < -0.4 is 0 Å². The highest BCUT2D eigenvalue weighted by molar-refractivity contribution is 5.79. The van der Waals surface area contributed by atoms with Gasteiger partial charge in [0.1, 0.15) is 0 Å². The molecule has 1 aliphatic rings. The predicted octanol–water partition coefficient (Wildman–Crippen LogP) is 2.27. The van der Waals surface area contributed by atoms with E-state index < -0.39 is 11.6 Å². The van der Waals surface area contributed by atoms with Crippen LogP contribution in [0.1, 0.15) is 51.9 Å². The minimum Gasteiger partial charge on any atom is -0.467 e. The molecule has 0 unspecified atom stereocenters. The van der Waals surface area contributed by atoms with Crippen LogP contribution in [0.5, 0.6) is 0 Å². The van der Waals surface area contributed by atoms with E-state index in [1.807, 2.05) is 0 Å². The summed E-state index contributed by atoms with van der Waals surface area (Å²) in [7, 11) is 1.34. The molecule has 1 saturated carbocycles. The Bertz CT molecular complexity index is 215. The number of carbonyl (C=O) groups excluding carboxylic acids is 1. The minimum atomic E-state index is -1.20. The Kier molecular flexibility index (Phi) is 4.58. The SMILES string of the molecule is CCCC[C@H]1CCC[C@](O)(C(=O)OC)C1. The van der Waals surface area contributed by atoms with Gasteiger partial charge in [-0.1, -0.05) is 32.6 Å². The molecule has 0 aliphatic heterocycles. The van der Waals surface area contributed by atoms with Crippen LogP contribution in [0.4, 0.5) is 0 Å². The zero-order chi connectivity index (χ0) is 11.3. The van der Waals surface area contributed by atoms with E-state index in [0.29, 0.717) is 18.8 Å². The first-order chi connectivity index (χ1) is 7.12. The summed E-state index contributed by atoms with van der Waals surface area (Å²) in [6, 6.07) is 0. The Labute approximate surface area is 91.8 Å². The smallest absolute Gasteiger partial charge is 0.337 e. The highest BCUT2D eigenvalue weighted by Crippen LogP contribution is 2.35. The summed E-state index contributed by atoms with van der Waals surface area (Å²) in [6.07, 6.45) is 6.69. The zero-order valence-corrected chi connectivity index (χ0v) is 9.79. The number of methoxy groups -OCH3 is 1. The van der Waals surface area contributed by atoms with Crippen LogP contribution in [0.15, 0.2) is 0 Å². The predicted molar refractivity (Wildman–Crippen MR) is 58.4 cm³/mol. The van der Waals surface area contributed by atoms with Gasteiger partial charge in [0.15, 0.2) is 5.60 Å². The number of ether oxygens (including phenoxy) is 1. The van der Waals surface area contributed by atoms with Gasteiger partial charge in [-0.2, -0.15) is 0 Å². The molecule has 0 bridgehead atoms. The second kappa shape index (κ2) is 5.50. The van der Waals surface area contributed by atoms with Crippen molar-refractivity contribution in [3.8, 4) is 0 Å². The van der Waals surface area contributed by atoms with Crippen LogP contribution in [0, 0.1) is 5.92 Å². The molecule has 1 fully saturated rings. The number of hydrogen-bond donors (Lipinski definition) is 1. The lowest BCUT2D eigenvalue weighted by Gasteiger charge is -2.34. The van der Waals surface area contributed by atoms with Crippen molar-refractivity contribution in [1.82, 2.24) is 0 Å². The number of hydrogen-bond acceptors (Lipinski definition) is 3. The highest BCUT2D eigenvalue weighted by Gasteiger charge is 2.41. The first-order valence-corrected chi connectivity index (χ1v) is 5.93. The van der Waals surface area contributed by atoms with Gasteiger partial charge < -0.3 is 9.84 Å². The van der Waals surface area contributed by atoms with Gasteiger partial charge in [-0.05, 0) is 25.2 Å². The van der Waals surface area contributed by atoms with E-state index in [4.69, 9.17) is 0 Å². The van der Waals surface area contributed by atoms with Crippen molar-refractivity contribution in [2.24, 2.45) is 5.92 Å². The molecule has 0 saturated heterocycles. The van der Waals surface area contributed by atoms with Crippen molar-refractivity contribution in [2.45, 2.75) is 57.5 Å². The first-order valence-electron chi connectivity index (χ1n) is 5.93. The maximum absolute atomic E-state index is 11.4. The lowest BCUT2D eigenvalue weighted by atomic mass is 9.76. The Morgan fingerprint density at radius 2 is 2.33 bits per heavy atom. The van der Waals surface area contributed by atoms with Crippen molar-refractivity contribution in [3.05, 3.63) is 0 Å². The summed E-state index contributed by atoms with van der Waals surface area (Å²) in [6.45, 7) is 2.16. The molecule has 0 heterocycles. The molecule has 88 valence electrons. The van der Waals surface area contributed by atoms with Crippen LogP contribution in [-0.4, -0.2) is 23.8 Å². The van der Waals surface area contributed by atoms with Gasteiger partial charge in [0.2, 0.25) is 0 Å². The van der Waals surface area contributed by atoms with Gasteiger partial charge in [-0.3, -0.25) is 0 Å². The highest BCUT2D eigenvalue weighted by atomic mass is 16.5. The molecule has 2 atom stereocenters. The first kappa shape index (κ1) is 12.5. The molecule has 0 aromatic carbocycles. The Morgan fingerprint density at radius 1 is 1.60 bits per heavy atom.